The lowest BCUT2D eigenvalue weighted by atomic mass is 9.66. The molecule has 0 rings (SSSR count). The maximum absolute atomic E-state index is 12.7. The molecule has 2 atom stereocenters. The lowest BCUT2D eigenvalue weighted by Gasteiger charge is -2.38. The van der Waals surface area contributed by atoms with Crippen molar-refractivity contribution in [2.24, 2.45) is 22.7 Å². The van der Waals surface area contributed by atoms with Gasteiger partial charge in [-0.25, -0.2) is 0 Å². The molecule has 0 saturated carbocycles. The molecule has 0 N–H and O–H groups in total. The maximum atomic E-state index is 12.7. The topological polar surface area (TPSA) is 43.4 Å². The highest BCUT2D eigenvalue weighted by Gasteiger charge is 2.44. The zero-order chi connectivity index (χ0) is 16.5. The van der Waals surface area contributed by atoms with Crippen LogP contribution in [0, 0.1) is 22.7 Å². The summed E-state index contributed by atoms with van der Waals surface area (Å²) in [5.74, 6) is -0.975. The molecule has 118 valence electrons. The van der Waals surface area contributed by atoms with Gasteiger partial charge in [0, 0.05) is 11.3 Å². The van der Waals surface area contributed by atoms with E-state index < -0.39 is 16.9 Å². The van der Waals surface area contributed by atoms with Crippen LogP contribution in [0.15, 0.2) is 0 Å². The fraction of sp³-hybridized carbons (Fsp3) is 0.882. The Bertz CT molecular complexity index is 361. The van der Waals surface area contributed by atoms with Gasteiger partial charge in [0.25, 0.3) is 0 Å². The van der Waals surface area contributed by atoms with E-state index in [1.54, 1.807) is 6.92 Å². The standard InChI is InChI=1S/C17H32O3/c1-11(14(19)20-17(8,9)10)12(15(2,3)4)13(18)16(5,6)7/h11-12H,1-10H3/t11?,12-/m0/s1. The highest BCUT2D eigenvalue weighted by molar-refractivity contribution is 5.90. The van der Waals surface area contributed by atoms with Crippen molar-refractivity contribution in [2.45, 2.75) is 74.8 Å². The van der Waals surface area contributed by atoms with Crippen LogP contribution in [0.5, 0.6) is 0 Å². The fourth-order valence-corrected chi connectivity index (χ4v) is 2.37. The minimum atomic E-state index is -0.529. The third kappa shape index (κ3) is 5.64. The number of carbonyl (C=O) groups excluding carboxylic acids is 2. The summed E-state index contributed by atoms with van der Waals surface area (Å²) in [5.41, 5.74) is -1.27. The van der Waals surface area contributed by atoms with E-state index in [1.807, 2.05) is 62.3 Å². The smallest absolute Gasteiger partial charge is 0.309 e. The quantitative estimate of drug-likeness (QED) is 0.728. The average Bonchev–Trinajstić information content (AvgIpc) is 2.10. The molecule has 0 aromatic heterocycles. The largest absolute Gasteiger partial charge is 0.460 e. The molecule has 0 saturated heterocycles. The summed E-state index contributed by atoms with van der Waals surface area (Å²) < 4.78 is 5.45. The van der Waals surface area contributed by atoms with Gasteiger partial charge in [0.1, 0.15) is 11.4 Å². The van der Waals surface area contributed by atoms with Crippen molar-refractivity contribution in [3.63, 3.8) is 0 Å². The van der Waals surface area contributed by atoms with Gasteiger partial charge < -0.3 is 4.74 Å². The van der Waals surface area contributed by atoms with Crippen LogP contribution >= 0.6 is 0 Å². The summed E-state index contributed by atoms with van der Waals surface area (Å²) >= 11 is 0. The molecule has 1 unspecified atom stereocenters. The van der Waals surface area contributed by atoms with Crippen LogP contribution in [-0.4, -0.2) is 17.4 Å². The molecule has 0 radical (unpaired) electrons. The predicted octanol–water partition coefficient (Wildman–Crippen LogP) is 4.24. The zero-order valence-electron chi connectivity index (χ0n) is 14.9. The van der Waals surface area contributed by atoms with Crippen LogP contribution in [0.2, 0.25) is 0 Å². The van der Waals surface area contributed by atoms with Gasteiger partial charge >= 0.3 is 5.97 Å². The Morgan fingerprint density at radius 1 is 0.850 bits per heavy atom. The Morgan fingerprint density at radius 3 is 1.50 bits per heavy atom. The van der Waals surface area contributed by atoms with E-state index >= 15 is 0 Å². The molecular weight excluding hydrogens is 252 g/mol. The van der Waals surface area contributed by atoms with E-state index in [0.29, 0.717) is 0 Å². The minimum absolute atomic E-state index is 0.114. The van der Waals surface area contributed by atoms with E-state index in [2.05, 4.69) is 0 Å². The Kier molecular flexibility index (Phi) is 5.61. The molecule has 0 aliphatic carbocycles. The van der Waals surface area contributed by atoms with Crippen molar-refractivity contribution in [1.29, 1.82) is 0 Å². The number of ketones is 1. The Hall–Kier alpha value is -0.860. The normalized spacial score (nSPS) is 16.5. The van der Waals surface area contributed by atoms with Gasteiger partial charge in [0.15, 0.2) is 0 Å². The summed E-state index contributed by atoms with van der Waals surface area (Å²) in [4.78, 5) is 25.0. The van der Waals surface area contributed by atoms with Gasteiger partial charge in [0.2, 0.25) is 0 Å². The summed E-state index contributed by atoms with van der Waals surface area (Å²) in [5, 5.41) is 0. The van der Waals surface area contributed by atoms with Gasteiger partial charge in [-0.05, 0) is 26.2 Å². The van der Waals surface area contributed by atoms with Crippen LogP contribution in [0.1, 0.15) is 69.2 Å². The van der Waals surface area contributed by atoms with Gasteiger partial charge in [-0.1, -0.05) is 48.5 Å². The summed E-state index contributed by atoms with van der Waals surface area (Å²) in [6.07, 6.45) is 0. The lowest BCUT2D eigenvalue weighted by Crippen LogP contribution is -2.44. The van der Waals surface area contributed by atoms with Crippen LogP contribution in [0.25, 0.3) is 0 Å². The van der Waals surface area contributed by atoms with Crippen molar-refractivity contribution in [3.8, 4) is 0 Å². The molecule has 0 heterocycles. The van der Waals surface area contributed by atoms with Crippen molar-refractivity contribution in [3.05, 3.63) is 0 Å². The molecule has 3 nitrogen and oxygen atoms in total. The second-order valence-corrected chi connectivity index (χ2v) is 8.78. The summed E-state index contributed by atoms with van der Waals surface area (Å²) in [7, 11) is 0. The number of hydrogen-bond acceptors (Lipinski definition) is 3. The number of Topliss-reactive ketones (excluding diaryl/α,β-unsaturated/α-hetero) is 1. The summed E-state index contributed by atoms with van der Waals surface area (Å²) in [6, 6.07) is 0. The van der Waals surface area contributed by atoms with E-state index in [0.717, 1.165) is 0 Å². The molecule has 0 aromatic rings. The fourth-order valence-electron chi connectivity index (χ4n) is 2.37. The molecule has 0 aliphatic rings. The van der Waals surface area contributed by atoms with Gasteiger partial charge in [0.05, 0.1) is 5.92 Å². The molecule has 0 spiro atoms. The van der Waals surface area contributed by atoms with Crippen LogP contribution in [0.4, 0.5) is 0 Å². The minimum Gasteiger partial charge on any atom is -0.460 e. The highest BCUT2D eigenvalue weighted by Crippen LogP contribution is 2.38. The average molecular weight is 284 g/mol. The molecule has 20 heavy (non-hydrogen) atoms. The zero-order valence-corrected chi connectivity index (χ0v) is 14.9. The molecule has 0 aromatic carbocycles. The molecule has 0 aliphatic heterocycles. The maximum Gasteiger partial charge on any atom is 0.309 e. The second-order valence-electron chi connectivity index (χ2n) is 8.78. The third-order valence-corrected chi connectivity index (χ3v) is 3.23. The van der Waals surface area contributed by atoms with E-state index in [-0.39, 0.29) is 23.1 Å². The number of hydrogen-bond donors (Lipinski definition) is 0. The Labute approximate surface area is 124 Å². The van der Waals surface area contributed by atoms with Crippen molar-refractivity contribution in [2.75, 3.05) is 0 Å². The number of carbonyl (C=O) groups is 2. The van der Waals surface area contributed by atoms with Crippen molar-refractivity contribution >= 4 is 11.8 Å². The van der Waals surface area contributed by atoms with Crippen LogP contribution < -0.4 is 0 Å². The van der Waals surface area contributed by atoms with E-state index in [4.69, 9.17) is 4.74 Å². The number of esters is 1. The molecule has 0 amide bonds. The second kappa shape index (κ2) is 5.87. The van der Waals surface area contributed by atoms with Crippen molar-refractivity contribution in [1.82, 2.24) is 0 Å². The van der Waals surface area contributed by atoms with E-state index in [9.17, 15) is 9.59 Å². The Balaban J connectivity index is 5.37. The lowest BCUT2D eigenvalue weighted by molar-refractivity contribution is -0.166. The first-order chi connectivity index (χ1) is 8.57. The first kappa shape index (κ1) is 19.1. The monoisotopic (exact) mass is 284 g/mol. The first-order valence-electron chi connectivity index (χ1n) is 7.34. The first-order valence-corrected chi connectivity index (χ1v) is 7.34. The van der Waals surface area contributed by atoms with Crippen LogP contribution in [0.3, 0.4) is 0 Å². The van der Waals surface area contributed by atoms with Crippen LogP contribution in [-0.2, 0) is 14.3 Å². The SMILES string of the molecule is CC(C(=O)OC(C)(C)C)[C@@H](C(=O)C(C)(C)C)C(C)(C)C. The highest BCUT2D eigenvalue weighted by atomic mass is 16.6. The third-order valence-electron chi connectivity index (χ3n) is 3.23. The Morgan fingerprint density at radius 2 is 1.25 bits per heavy atom. The molecule has 0 fully saturated rings. The van der Waals surface area contributed by atoms with Crippen molar-refractivity contribution < 1.29 is 14.3 Å². The number of ether oxygens (including phenoxy) is 1. The van der Waals surface area contributed by atoms with Gasteiger partial charge in [-0.2, -0.15) is 0 Å². The molecule has 3 heteroatoms. The van der Waals surface area contributed by atoms with Gasteiger partial charge in [-0.15, -0.1) is 0 Å². The summed E-state index contributed by atoms with van der Waals surface area (Å²) in [6.45, 7) is 19.0. The molecule has 0 bridgehead atoms. The predicted molar refractivity (Wildman–Crippen MR) is 82.4 cm³/mol. The van der Waals surface area contributed by atoms with E-state index in [1.165, 1.54) is 0 Å². The molecular formula is C17H32O3. The number of rotatable bonds is 3. The van der Waals surface area contributed by atoms with Gasteiger partial charge in [-0.3, -0.25) is 9.59 Å².